The fourth-order valence-corrected chi connectivity index (χ4v) is 3.59. The molecule has 126 valence electrons. The third kappa shape index (κ3) is 2.52. The van der Waals surface area contributed by atoms with E-state index >= 15 is 0 Å². The Morgan fingerprint density at radius 3 is 2.76 bits per heavy atom. The Balaban J connectivity index is 1.77. The minimum atomic E-state index is -0.306. The number of carbonyl (C=O) groups excluding carboxylic acids is 1. The molecule has 0 unspecified atom stereocenters. The summed E-state index contributed by atoms with van der Waals surface area (Å²) in [4.78, 5) is 34.3. The zero-order chi connectivity index (χ0) is 17.6. The molecule has 1 aliphatic heterocycles. The van der Waals surface area contributed by atoms with Crippen molar-refractivity contribution in [3.8, 4) is 0 Å². The van der Waals surface area contributed by atoms with Gasteiger partial charge in [-0.15, -0.1) is 0 Å². The lowest BCUT2D eigenvalue weighted by Gasteiger charge is -2.15. The first-order valence-corrected chi connectivity index (χ1v) is 8.48. The Bertz CT molecular complexity index is 1040. The molecule has 0 spiro atoms. The molecule has 1 atom stereocenters. The molecular weight excluding hydrogens is 314 g/mol. The quantitative estimate of drug-likeness (QED) is 0.801. The number of H-pyrrole nitrogens is 1. The van der Waals surface area contributed by atoms with Crippen LogP contribution >= 0.6 is 0 Å². The lowest BCUT2D eigenvalue weighted by molar-refractivity contribution is -0.119. The summed E-state index contributed by atoms with van der Waals surface area (Å²) in [6.45, 7) is 4.62. The average Bonchev–Trinajstić information content (AvgIpc) is 2.86. The van der Waals surface area contributed by atoms with Crippen LogP contribution < -0.4 is 10.5 Å². The zero-order valence-corrected chi connectivity index (χ0v) is 14.2. The van der Waals surface area contributed by atoms with Crippen molar-refractivity contribution in [2.45, 2.75) is 26.2 Å². The molecule has 3 aromatic rings. The third-order valence-corrected chi connectivity index (χ3v) is 4.79. The van der Waals surface area contributed by atoms with Crippen LogP contribution in [-0.2, 0) is 11.2 Å². The van der Waals surface area contributed by atoms with Gasteiger partial charge in [0.25, 0.3) is 5.56 Å². The van der Waals surface area contributed by atoms with Gasteiger partial charge in [-0.2, -0.15) is 0 Å². The van der Waals surface area contributed by atoms with Crippen LogP contribution in [0, 0.1) is 6.92 Å². The SMILES string of the molecule is CCN1C(=O)[C@@H](Cc2nc3ccccc3c(=O)[nH]2)c2cc(C)ccc21. The molecule has 1 aliphatic rings. The number of rotatable bonds is 3. The summed E-state index contributed by atoms with van der Waals surface area (Å²) < 4.78 is 0. The van der Waals surface area contributed by atoms with Gasteiger partial charge in [0.15, 0.2) is 0 Å². The van der Waals surface area contributed by atoms with E-state index in [2.05, 4.69) is 16.0 Å². The van der Waals surface area contributed by atoms with Crippen LogP contribution in [0.25, 0.3) is 10.9 Å². The minimum Gasteiger partial charge on any atom is -0.312 e. The molecule has 1 amide bonds. The van der Waals surface area contributed by atoms with E-state index in [-0.39, 0.29) is 17.4 Å². The smallest absolute Gasteiger partial charge is 0.258 e. The van der Waals surface area contributed by atoms with Crippen molar-refractivity contribution in [3.05, 3.63) is 69.8 Å². The van der Waals surface area contributed by atoms with E-state index in [1.807, 2.05) is 44.2 Å². The van der Waals surface area contributed by atoms with Crippen molar-refractivity contribution >= 4 is 22.5 Å². The summed E-state index contributed by atoms with van der Waals surface area (Å²) in [5.41, 5.74) is 3.59. The number of nitrogens with zero attached hydrogens (tertiary/aromatic N) is 2. The van der Waals surface area contributed by atoms with Gasteiger partial charge in [-0.3, -0.25) is 9.59 Å². The summed E-state index contributed by atoms with van der Waals surface area (Å²) in [5.74, 6) is 0.311. The number of anilines is 1. The first kappa shape index (κ1) is 15.6. The second-order valence-corrected chi connectivity index (χ2v) is 6.43. The van der Waals surface area contributed by atoms with Gasteiger partial charge >= 0.3 is 0 Å². The van der Waals surface area contributed by atoms with Crippen molar-refractivity contribution < 1.29 is 4.79 Å². The van der Waals surface area contributed by atoms with Gasteiger partial charge in [-0.25, -0.2) is 4.98 Å². The number of hydrogen-bond donors (Lipinski definition) is 1. The number of aryl methyl sites for hydroxylation is 1. The number of amides is 1. The van der Waals surface area contributed by atoms with Gasteiger partial charge in [-0.1, -0.05) is 29.8 Å². The van der Waals surface area contributed by atoms with E-state index in [0.717, 1.165) is 16.8 Å². The van der Waals surface area contributed by atoms with Crippen LogP contribution in [0.5, 0.6) is 0 Å². The number of benzene rings is 2. The maximum absolute atomic E-state index is 12.9. The molecule has 5 nitrogen and oxygen atoms in total. The largest absolute Gasteiger partial charge is 0.312 e. The molecule has 0 fully saturated rings. The second kappa shape index (κ2) is 5.84. The Morgan fingerprint density at radius 2 is 1.96 bits per heavy atom. The molecule has 0 saturated carbocycles. The molecule has 2 heterocycles. The molecule has 0 aliphatic carbocycles. The van der Waals surface area contributed by atoms with Crippen LogP contribution in [-0.4, -0.2) is 22.4 Å². The number of aromatic amines is 1. The summed E-state index contributed by atoms with van der Waals surface area (Å²) in [6, 6.07) is 13.3. The fraction of sp³-hybridized carbons (Fsp3) is 0.250. The van der Waals surface area contributed by atoms with Crippen LogP contribution in [0.4, 0.5) is 5.69 Å². The molecule has 4 rings (SSSR count). The van der Waals surface area contributed by atoms with Crippen molar-refractivity contribution in [2.24, 2.45) is 0 Å². The molecular formula is C20H19N3O2. The van der Waals surface area contributed by atoms with Crippen LogP contribution in [0.15, 0.2) is 47.3 Å². The van der Waals surface area contributed by atoms with Gasteiger partial charge in [-0.05, 0) is 37.6 Å². The number of aromatic nitrogens is 2. The summed E-state index contributed by atoms with van der Waals surface area (Å²) in [5, 5.41) is 0.565. The Morgan fingerprint density at radius 1 is 1.16 bits per heavy atom. The number of likely N-dealkylation sites (N-methyl/N-ethyl adjacent to an activating group) is 1. The Hall–Kier alpha value is -2.95. The molecule has 0 radical (unpaired) electrons. The molecule has 1 aromatic heterocycles. The van der Waals surface area contributed by atoms with Gasteiger partial charge in [0.2, 0.25) is 5.91 Å². The molecule has 2 aromatic carbocycles. The number of para-hydroxylation sites is 1. The molecule has 25 heavy (non-hydrogen) atoms. The summed E-state index contributed by atoms with van der Waals surface area (Å²) in [7, 11) is 0. The van der Waals surface area contributed by atoms with Crippen LogP contribution in [0.1, 0.15) is 29.8 Å². The minimum absolute atomic E-state index is 0.0684. The standard InChI is InChI=1S/C20H19N3O2/c1-3-23-17-9-8-12(2)10-14(17)15(20(23)25)11-18-21-16-7-5-4-6-13(16)19(24)22-18/h4-10,15H,3,11H2,1-2H3,(H,21,22,24)/t15-/m0/s1. The van der Waals surface area contributed by atoms with E-state index in [4.69, 9.17) is 0 Å². The average molecular weight is 333 g/mol. The predicted octanol–water partition coefficient (Wildman–Crippen LogP) is 2.92. The van der Waals surface area contributed by atoms with Crippen LogP contribution in [0.2, 0.25) is 0 Å². The molecule has 0 bridgehead atoms. The highest BCUT2D eigenvalue weighted by Crippen LogP contribution is 2.39. The number of carbonyl (C=O) groups is 1. The molecule has 1 N–H and O–H groups in total. The maximum Gasteiger partial charge on any atom is 0.258 e. The van der Waals surface area contributed by atoms with Crippen molar-refractivity contribution in [1.29, 1.82) is 0 Å². The van der Waals surface area contributed by atoms with Crippen LogP contribution in [0.3, 0.4) is 0 Å². The lowest BCUT2D eigenvalue weighted by Crippen LogP contribution is -2.29. The normalized spacial score (nSPS) is 16.5. The van der Waals surface area contributed by atoms with Gasteiger partial charge < -0.3 is 9.88 Å². The Labute approximate surface area is 145 Å². The lowest BCUT2D eigenvalue weighted by atomic mass is 9.95. The first-order valence-electron chi connectivity index (χ1n) is 8.48. The van der Waals surface area contributed by atoms with Gasteiger partial charge in [0.05, 0.1) is 16.8 Å². The summed E-state index contributed by atoms with van der Waals surface area (Å²) >= 11 is 0. The van der Waals surface area contributed by atoms with E-state index < -0.39 is 0 Å². The van der Waals surface area contributed by atoms with Crippen molar-refractivity contribution in [1.82, 2.24) is 9.97 Å². The van der Waals surface area contributed by atoms with Crippen molar-refractivity contribution in [2.75, 3.05) is 11.4 Å². The monoisotopic (exact) mass is 333 g/mol. The first-order chi connectivity index (χ1) is 12.1. The topological polar surface area (TPSA) is 66.1 Å². The van der Waals surface area contributed by atoms with E-state index in [0.29, 0.717) is 29.7 Å². The Kier molecular flexibility index (Phi) is 3.64. The van der Waals surface area contributed by atoms with E-state index in [1.165, 1.54) is 0 Å². The zero-order valence-electron chi connectivity index (χ0n) is 14.2. The van der Waals surface area contributed by atoms with Gasteiger partial charge in [0.1, 0.15) is 5.82 Å². The highest BCUT2D eigenvalue weighted by molar-refractivity contribution is 6.05. The molecule has 5 heteroatoms. The molecule has 0 saturated heterocycles. The third-order valence-electron chi connectivity index (χ3n) is 4.79. The van der Waals surface area contributed by atoms with E-state index in [9.17, 15) is 9.59 Å². The second-order valence-electron chi connectivity index (χ2n) is 6.43. The maximum atomic E-state index is 12.9. The van der Waals surface area contributed by atoms with Gasteiger partial charge in [0, 0.05) is 18.7 Å². The summed E-state index contributed by atoms with van der Waals surface area (Å²) in [6.07, 6.45) is 0.395. The predicted molar refractivity (Wildman–Crippen MR) is 98.0 cm³/mol. The number of nitrogens with one attached hydrogen (secondary N) is 1. The van der Waals surface area contributed by atoms with E-state index in [1.54, 1.807) is 11.0 Å². The van der Waals surface area contributed by atoms with Crippen molar-refractivity contribution in [3.63, 3.8) is 0 Å². The number of fused-ring (bicyclic) bond motifs is 2. The highest BCUT2D eigenvalue weighted by atomic mass is 16.2. The highest BCUT2D eigenvalue weighted by Gasteiger charge is 2.36. The fourth-order valence-electron chi connectivity index (χ4n) is 3.59. The number of hydrogen-bond acceptors (Lipinski definition) is 3.